The molecule has 0 aromatic rings. The van der Waals surface area contributed by atoms with Crippen LogP contribution in [-0.4, -0.2) is 110 Å². The SMILES string of the molecule is CCCC.[13CH3][15N]1[13CH2][13CH2][15N]([13CH2][13CH]2[13CH2][13CH2][13CH2][15N]2[13CH2]C(=O)NCCCC(=O)NCCCC(=O)O)[13CH2][13CH2]1. The third kappa shape index (κ3) is 14.2. The maximum Gasteiger partial charge on any atom is 0.303 e. The van der Waals surface area contributed by atoms with E-state index >= 15 is 0 Å². The molecule has 2 fully saturated rings. The van der Waals surface area contributed by atoms with Gasteiger partial charge in [-0.1, -0.05) is 26.7 Å². The van der Waals surface area contributed by atoms with Gasteiger partial charge in [0.1, 0.15) is 0 Å². The minimum atomic E-state index is -0.856. The molecule has 0 aromatic heterocycles. The summed E-state index contributed by atoms with van der Waals surface area (Å²) in [7, 11) is 2.16. The minimum absolute atomic E-state index is 0.0251. The number of nitrogens with zero attached hydrogens (tertiary/aromatic N) is 3. The zero-order chi connectivity index (χ0) is 24.5. The lowest BCUT2D eigenvalue weighted by atomic mass is 10.2. The van der Waals surface area contributed by atoms with Crippen LogP contribution in [0.25, 0.3) is 0 Å². The van der Waals surface area contributed by atoms with E-state index in [0.717, 1.165) is 52.1 Å². The van der Waals surface area contributed by atoms with Crippen LogP contribution in [0.3, 0.4) is 0 Å². The molecule has 3 N–H and O–H groups in total. The Balaban J connectivity index is 0.00000125. The Kier molecular flexibility index (Phi) is 15.7. The molecular weight excluding hydrogens is 436 g/mol. The average molecular weight is 484 g/mol. The lowest BCUT2D eigenvalue weighted by Crippen LogP contribution is -2.50. The normalized spacial score (nSPS) is 19.5. The Labute approximate surface area is 200 Å². The van der Waals surface area contributed by atoms with E-state index in [4.69, 9.17) is 5.11 Å². The summed E-state index contributed by atoms with van der Waals surface area (Å²) < 4.78 is 0. The number of likely N-dealkylation sites (N-methyl/N-ethyl adjacent to an activating group) is 1. The number of hydrogen-bond donors (Lipinski definition) is 3. The number of piperazine rings is 1. The third-order valence-electron chi connectivity index (χ3n) is 6.20. The predicted octanol–water partition coefficient (Wildman–Crippen LogP) is 1.38. The first-order chi connectivity index (χ1) is 15.8. The van der Waals surface area contributed by atoms with Crippen molar-refractivity contribution in [2.45, 2.75) is 71.3 Å². The lowest BCUT2D eigenvalue weighted by molar-refractivity contribution is -0.137. The second-order valence-corrected chi connectivity index (χ2v) is 9.17. The van der Waals surface area contributed by atoms with Crippen molar-refractivity contribution in [2.24, 2.45) is 0 Å². The average Bonchev–Trinajstić information content (AvgIpc) is 3.22. The van der Waals surface area contributed by atoms with Gasteiger partial charge in [0.25, 0.3) is 0 Å². The fourth-order valence-corrected chi connectivity index (χ4v) is 3.91. The Bertz CT molecular complexity index is 565. The highest BCUT2D eigenvalue weighted by molar-refractivity contribution is 5.78. The molecule has 0 saturated carbocycles. The van der Waals surface area contributed by atoms with Gasteiger partial charge in [0.2, 0.25) is 11.8 Å². The smallest absolute Gasteiger partial charge is 0.303 e. The Morgan fingerprint density at radius 3 is 2.09 bits per heavy atom. The molecule has 0 aliphatic carbocycles. The first-order valence-corrected chi connectivity index (χ1v) is 12.8. The van der Waals surface area contributed by atoms with Crippen LogP contribution in [0, 0.1) is 0 Å². The highest BCUT2D eigenvalue weighted by atomic mass is 16.4. The quantitative estimate of drug-likeness (QED) is 0.207. The number of carboxylic acid groups (broad SMARTS) is 1. The van der Waals surface area contributed by atoms with Crippen molar-refractivity contribution in [1.82, 2.24) is 25.3 Å². The van der Waals surface area contributed by atoms with Crippen LogP contribution in [0.2, 0.25) is 0 Å². The van der Waals surface area contributed by atoms with E-state index in [1.807, 2.05) is 0 Å². The first kappa shape index (κ1) is 29.3. The van der Waals surface area contributed by atoms with Gasteiger partial charge >= 0.3 is 5.97 Å². The first-order valence-electron chi connectivity index (χ1n) is 12.8. The summed E-state index contributed by atoms with van der Waals surface area (Å²) in [5.74, 6) is -0.931. The van der Waals surface area contributed by atoms with Crippen LogP contribution >= 0.6 is 0 Å². The standard InChI is InChI=1S/C20H37N5O4.C4H10/c1-23-11-13-24(14-12-23)15-17-5-4-10-25(17)16-19(27)22-8-2-6-18(26)21-9-3-7-20(28)29;1-3-4-2/h17H,2-16H2,1H3,(H,21,26)(H,22,27)(H,28,29);3-4H2,1-2H3/i1+1,4+1,5+1,10+1,11+1,12+1,13+1,14+1,15+1,16+1,17+1,23+1,24+1,25+1;. The molecule has 0 spiro atoms. The van der Waals surface area contributed by atoms with Crippen molar-refractivity contribution in [3.63, 3.8) is 0 Å². The number of likely N-dealkylation sites (tertiary alicyclic amines) is 1. The van der Waals surface area contributed by atoms with Crippen LogP contribution in [0.5, 0.6) is 0 Å². The van der Waals surface area contributed by atoms with Gasteiger partial charge in [-0.2, -0.15) is 0 Å². The van der Waals surface area contributed by atoms with Gasteiger partial charge in [-0.25, -0.2) is 0 Å². The molecule has 192 valence electrons. The monoisotopic (exact) mass is 483 g/mol. The van der Waals surface area contributed by atoms with Crippen molar-refractivity contribution < 1.29 is 19.5 Å². The van der Waals surface area contributed by atoms with Gasteiger partial charge in [-0.05, 0) is 39.3 Å². The number of carbonyl (C=O) groups excluding carboxylic acids is 2. The Morgan fingerprint density at radius 1 is 0.879 bits per heavy atom. The number of carboxylic acids is 1. The molecule has 9 heteroatoms. The topological polar surface area (TPSA) is 105 Å². The van der Waals surface area contributed by atoms with Crippen molar-refractivity contribution in [2.75, 3.05) is 66.0 Å². The van der Waals surface area contributed by atoms with Crippen molar-refractivity contribution >= 4 is 17.8 Å². The summed E-state index contributed by atoms with van der Waals surface area (Å²) in [4.78, 5) is 41.5. The molecule has 0 bridgehead atoms. The van der Waals surface area contributed by atoms with Crippen LogP contribution in [0.15, 0.2) is 0 Å². The molecule has 2 aliphatic rings. The van der Waals surface area contributed by atoms with E-state index in [1.165, 1.54) is 12.8 Å². The minimum Gasteiger partial charge on any atom is -0.481 e. The predicted molar refractivity (Wildman–Crippen MR) is 131 cm³/mol. The summed E-state index contributed by atoms with van der Waals surface area (Å²) >= 11 is 0. The van der Waals surface area contributed by atoms with E-state index in [0.29, 0.717) is 44.9 Å². The molecule has 0 radical (unpaired) electrons. The van der Waals surface area contributed by atoms with Crippen LogP contribution in [-0.2, 0) is 14.4 Å². The molecule has 2 aliphatic heterocycles. The summed E-state index contributed by atoms with van der Waals surface area (Å²) in [5, 5.41) is 14.2. The largest absolute Gasteiger partial charge is 0.481 e. The second kappa shape index (κ2) is 17.7. The van der Waals surface area contributed by atoms with Gasteiger partial charge < -0.3 is 20.6 Å². The number of rotatable bonds is 13. The van der Waals surface area contributed by atoms with Crippen LogP contribution < -0.4 is 10.6 Å². The molecule has 2 saturated heterocycles. The third-order valence-corrected chi connectivity index (χ3v) is 6.20. The van der Waals surface area contributed by atoms with Crippen molar-refractivity contribution in [3.8, 4) is 0 Å². The van der Waals surface area contributed by atoms with E-state index in [1.54, 1.807) is 0 Å². The number of nitrogens with one attached hydrogen (secondary N) is 2. The van der Waals surface area contributed by atoms with E-state index < -0.39 is 5.97 Å². The molecule has 1 atom stereocenters. The lowest BCUT2D eigenvalue weighted by Gasteiger charge is -2.36. The molecule has 33 heavy (non-hydrogen) atoms. The van der Waals surface area contributed by atoms with Gasteiger partial charge in [0.05, 0.1) is 6.54 Å². The number of hydrogen-bond acceptors (Lipinski definition) is 6. The maximum absolute atomic E-state index is 12.3. The van der Waals surface area contributed by atoms with Gasteiger partial charge in [-0.15, -0.1) is 0 Å². The van der Waals surface area contributed by atoms with Crippen molar-refractivity contribution in [1.29, 1.82) is 0 Å². The highest BCUT2D eigenvalue weighted by Crippen LogP contribution is 2.18. The fourth-order valence-electron chi connectivity index (χ4n) is 3.91. The second-order valence-electron chi connectivity index (χ2n) is 9.17. The van der Waals surface area contributed by atoms with Crippen molar-refractivity contribution in [3.05, 3.63) is 0 Å². The molecule has 0 aromatic carbocycles. The highest BCUT2D eigenvalue weighted by Gasteiger charge is 2.28. The number of amides is 2. The molecule has 1 unspecified atom stereocenters. The summed E-state index contributed by atoms with van der Waals surface area (Å²) in [6, 6.07) is 0.459. The summed E-state index contributed by atoms with van der Waals surface area (Å²) in [6.45, 7) is 12.1. The maximum atomic E-state index is 12.3. The Morgan fingerprint density at radius 2 is 1.48 bits per heavy atom. The van der Waals surface area contributed by atoms with Crippen LogP contribution in [0.1, 0.15) is 65.2 Å². The van der Waals surface area contributed by atoms with E-state index in [9.17, 15) is 14.4 Å². The summed E-state index contributed by atoms with van der Waals surface area (Å²) in [6.07, 6.45) is 6.35. The fraction of sp³-hybridized carbons (Fsp3) is 0.875. The van der Waals surface area contributed by atoms with Gasteiger partial charge in [0.15, 0.2) is 0 Å². The Hall–Kier alpha value is -1.71. The summed E-state index contributed by atoms with van der Waals surface area (Å²) in [5.41, 5.74) is 0. The number of aliphatic carboxylic acids is 1. The zero-order valence-electron chi connectivity index (χ0n) is 21.1. The number of carbonyl (C=O) groups is 3. The van der Waals surface area contributed by atoms with Gasteiger partial charge in [-0.3, -0.25) is 24.2 Å². The molecule has 2 amide bonds. The van der Waals surface area contributed by atoms with E-state index in [2.05, 4.69) is 46.2 Å². The molecule has 9 nitrogen and oxygen atoms in total. The molecular formula is C24H47N5O4. The number of unbranched alkanes of at least 4 members (excludes halogenated alkanes) is 1. The van der Waals surface area contributed by atoms with Crippen LogP contribution in [0.4, 0.5) is 0 Å². The molecule has 2 rings (SSSR count). The molecule has 2 heterocycles. The zero-order valence-corrected chi connectivity index (χ0v) is 21.1. The van der Waals surface area contributed by atoms with E-state index in [-0.39, 0.29) is 18.2 Å². The van der Waals surface area contributed by atoms with Gasteiger partial charge in [0, 0.05) is 64.7 Å².